The number of nitrogens with one attached hydrogen (secondary N) is 1. The Morgan fingerprint density at radius 1 is 1.60 bits per heavy atom. The summed E-state index contributed by atoms with van der Waals surface area (Å²) in [4.78, 5) is 20.9. The molecule has 0 bridgehead atoms. The number of rotatable bonds is 5. The van der Waals surface area contributed by atoms with Crippen molar-refractivity contribution >= 4 is 17.2 Å². The molecule has 0 unspecified atom stereocenters. The molecule has 6 heteroatoms. The Morgan fingerprint density at radius 2 is 2.40 bits per heavy atom. The number of thiazole rings is 1. The van der Waals surface area contributed by atoms with Gasteiger partial charge in [0, 0.05) is 24.3 Å². The van der Waals surface area contributed by atoms with Crippen molar-refractivity contribution in [2.75, 3.05) is 0 Å². The SMILES string of the molecule is Cc1nc([C@@H](C)NC(=O)C2(Cn3ccnc3)CC2)cs1. The van der Waals surface area contributed by atoms with Gasteiger partial charge >= 0.3 is 0 Å². The second-order valence-electron chi connectivity index (χ2n) is 5.50. The van der Waals surface area contributed by atoms with Gasteiger partial charge in [0.2, 0.25) is 5.91 Å². The molecule has 0 aliphatic heterocycles. The summed E-state index contributed by atoms with van der Waals surface area (Å²) in [5, 5.41) is 6.13. The third kappa shape index (κ3) is 2.60. The normalized spacial score (nSPS) is 17.7. The second kappa shape index (κ2) is 5.01. The second-order valence-corrected chi connectivity index (χ2v) is 6.56. The highest BCUT2D eigenvalue weighted by Crippen LogP contribution is 2.47. The highest BCUT2D eigenvalue weighted by atomic mass is 32.1. The lowest BCUT2D eigenvalue weighted by molar-refractivity contribution is -0.127. The number of imidazole rings is 1. The fraction of sp³-hybridized carbons (Fsp3) is 0.500. The van der Waals surface area contributed by atoms with Crippen LogP contribution in [0.25, 0.3) is 0 Å². The molecule has 0 aromatic carbocycles. The number of hydrogen-bond acceptors (Lipinski definition) is 4. The fourth-order valence-corrected chi connectivity index (χ4v) is 3.05. The minimum absolute atomic E-state index is 0.0345. The Hall–Kier alpha value is -1.69. The van der Waals surface area contributed by atoms with Crippen molar-refractivity contribution in [1.29, 1.82) is 0 Å². The number of amides is 1. The van der Waals surface area contributed by atoms with E-state index in [0.29, 0.717) is 6.54 Å². The van der Waals surface area contributed by atoms with Gasteiger partial charge in [-0.3, -0.25) is 4.79 Å². The Morgan fingerprint density at radius 3 is 2.95 bits per heavy atom. The maximum atomic E-state index is 12.5. The number of aryl methyl sites for hydroxylation is 1. The minimum atomic E-state index is -0.250. The van der Waals surface area contributed by atoms with Gasteiger partial charge in [-0.05, 0) is 26.7 Å². The van der Waals surface area contributed by atoms with Crippen LogP contribution in [0.4, 0.5) is 0 Å². The quantitative estimate of drug-likeness (QED) is 0.919. The van der Waals surface area contributed by atoms with E-state index in [-0.39, 0.29) is 17.4 Å². The summed E-state index contributed by atoms with van der Waals surface area (Å²) in [6.07, 6.45) is 7.30. The first-order chi connectivity index (χ1) is 9.59. The summed E-state index contributed by atoms with van der Waals surface area (Å²) >= 11 is 1.61. The van der Waals surface area contributed by atoms with E-state index in [9.17, 15) is 4.79 Å². The average molecular weight is 290 g/mol. The maximum absolute atomic E-state index is 12.5. The molecular formula is C14H18N4OS. The molecule has 1 aliphatic carbocycles. The molecule has 2 aromatic rings. The van der Waals surface area contributed by atoms with Gasteiger partial charge in [-0.2, -0.15) is 0 Å². The van der Waals surface area contributed by atoms with E-state index in [1.54, 1.807) is 23.9 Å². The minimum Gasteiger partial charge on any atom is -0.347 e. The lowest BCUT2D eigenvalue weighted by Crippen LogP contribution is -2.36. The van der Waals surface area contributed by atoms with E-state index in [0.717, 1.165) is 23.5 Å². The van der Waals surface area contributed by atoms with Gasteiger partial charge in [-0.15, -0.1) is 11.3 Å². The number of aromatic nitrogens is 3. The molecule has 1 amide bonds. The van der Waals surface area contributed by atoms with Crippen LogP contribution >= 0.6 is 11.3 Å². The first-order valence-corrected chi connectivity index (χ1v) is 7.66. The fourth-order valence-electron chi connectivity index (χ4n) is 2.34. The van der Waals surface area contributed by atoms with E-state index < -0.39 is 0 Å². The van der Waals surface area contributed by atoms with Gasteiger partial charge in [-0.25, -0.2) is 9.97 Å². The molecular weight excluding hydrogens is 272 g/mol. The zero-order chi connectivity index (χ0) is 14.2. The van der Waals surface area contributed by atoms with Crippen LogP contribution in [-0.2, 0) is 11.3 Å². The van der Waals surface area contributed by atoms with Gasteiger partial charge < -0.3 is 9.88 Å². The van der Waals surface area contributed by atoms with Crippen molar-refractivity contribution in [2.45, 2.75) is 39.3 Å². The molecule has 1 saturated carbocycles. The van der Waals surface area contributed by atoms with Gasteiger partial charge in [0.05, 0.1) is 28.5 Å². The average Bonchev–Trinajstić information content (AvgIpc) is 2.83. The van der Waals surface area contributed by atoms with Crippen molar-refractivity contribution in [3.05, 3.63) is 34.8 Å². The number of carbonyl (C=O) groups excluding carboxylic acids is 1. The molecule has 0 spiro atoms. The van der Waals surface area contributed by atoms with E-state index in [2.05, 4.69) is 15.3 Å². The van der Waals surface area contributed by atoms with E-state index in [1.165, 1.54) is 0 Å². The summed E-state index contributed by atoms with van der Waals surface area (Å²) in [5.74, 6) is 0.129. The van der Waals surface area contributed by atoms with Crippen LogP contribution in [0.2, 0.25) is 0 Å². The predicted molar refractivity (Wildman–Crippen MR) is 77.3 cm³/mol. The van der Waals surface area contributed by atoms with Crippen molar-refractivity contribution in [3.8, 4) is 0 Å². The summed E-state index contributed by atoms with van der Waals surface area (Å²) in [7, 11) is 0. The first-order valence-electron chi connectivity index (χ1n) is 6.78. The van der Waals surface area contributed by atoms with Crippen LogP contribution in [0.15, 0.2) is 24.1 Å². The molecule has 106 valence electrons. The molecule has 2 heterocycles. The van der Waals surface area contributed by atoms with Crippen LogP contribution < -0.4 is 5.32 Å². The third-order valence-electron chi connectivity index (χ3n) is 3.81. The highest BCUT2D eigenvalue weighted by Gasteiger charge is 2.50. The van der Waals surface area contributed by atoms with Crippen molar-refractivity contribution in [2.24, 2.45) is 5.41 Å². The monoisotopic (exact) mass is 290 g/mol. The predicted octanol–water partition coefficient (Wildman–Crippen LogP) is 2.31. The summed E-state index contributed by atoms with van der Waals surface area (Å²) in [5.41, 5.74) is 0.694. The molecule has 1 aliphatic rings. The smallest absolute Gasteiger partial charge is 0.228 e. The zero-order valence-corrected chi connectivity index (χ0v) is 12.5. The van der Waals surface area contributed by atoms with E-state index in [4.69, 9.17) is 0 Å². The Labute approximate surface area is 122 Å². The molecule has 0 radical (unpaired) electrons. The number of nitrogens with zero attached hydrogens (tertiary/aromatic N) is 3. The largest absolute Gasteiger partial charge is 0.347 e. The lowest BCUT2D eigenvalue weighted by Gasteiger charge is -2.19. The first kappa shape index (κ1) is 13.3. The Balaban J connectivity index is 1.64. The van der Waals surface area contributed by atoms with Crippen molar-refractivity contribution in [1.82, 2.24) is 19.9 Å². The number of carbonyl (C=O) groups is 1. The van der Waals surface area contributed by atoms with Crippen LogP contribution in [0.3, 0.4) is 0 Å². The molecule has 3 rings (SSSR count). The van der Waals surface area contributed by atoms with Crippen molar-refractivity contribution in [3.63, 3.8) is 0 Å². The van der Waals surface area contributed by atoms with Crippen LogP contribution in [0.5, 0.6) is 0 Å². The zero-order valence-electron chi connectivity index (χ0n) is 11.7. The number of hydrogen-bond donors (Lipinski definition) is 1. The molecule has 5 nitrogen and oxygen atoms in total. The summed E-state index contributed by atoms with van der Waals surface area (Å²) < 4.78 is 1.98. The maximum Gasteiger partial charge on any atom is 0.228 e. The molecule has 1 fully saturated rings. The Kier molecular flexibility index (Phi) is 3.33. The third-order valence-corrected chi connectivity index (χ3v) is 4.60. The Bertz CT molecular complexity index is 600. The van der Waals surface area contributed by atoms with Gasteiger partial charge in [0.25, 0.3) is 0 Å². The summed E-state index contributed by atoms with van der Waals surface area (Å²) in [6.45, 7) is 4.67. The van der Waals surface area contributed by atoms with Crippen LogP contribution in [-0.4, -0.2) is 20.4 Å². The molecule has 2 aromatic heterocycles. The van der Waals surface area contributed by atoms with E-state index >= 15 is 0 Å². The van der Waals surface area contributed by atoms with Crippen LogP contribution in [0.1, 0.15) is 36.5 Å². The highest BCUT2D eigenvalue weighted by molar-refractivity contribution is 7.09. The van der Waals surface area contributed by atoms with Gasteiger partial charge in [0.1, 0.15) is 0 Å². The summed E-state index contributed by atoms with van der Waals surface area (Å²) in [6, 6.07) is -0.0345. The van der Waals surface area contributed by atoms with E-state index in [1.807, 2.05) is 30.0 Å². The molecule has 0 saturated heterocycles. The standard InChI is InChI=1S/C14H18N4OS/c1-10(12-7-20-11(2)17-12)16-13(19)14(3-4-14)8-18-6-5-15-9-18/h5-7,9-10H,3-4,8H2,1-2H3,(H,16,19)/t10-/m1/s1. The van der Waals surface area contributed by atoms with Crippen LogP contribution in [0, 0.1) is 12.3 Å². The molecule has 1 atom stereocenters. The topological polar surface area (TPSA) is 59.8 Å². The molecule has 20 heavy (non-hydrogen) atoms. The van der Waals surface area contributed by atoms with Gasteiger partial charge in [0.15, 0.2) is 0 Å². The molecule has 1 N–H and O–H groups in total. The van der Waals surface area contributed by atoms with Crippen molar-refractivity contribution < 1.29 is 4.79 Å². The lowest BCUT2D eigenvalue weighted by atomic mass is 10.1. The van der Waals surface area contributed by atoms with Gasteiger partial charge in [-0.1, -0.05) is 0 Å².